The fraction of sp³-hybridized carbons (Fsp3) is 0.618. The van der Waals surface area contributed by atoms with Crippen LogP contribution in [-0.4, -0.2) is 169 Å². The number of hydrogen-bond acceptors (Lipinski definition) is 16. The zero-order valence-corrected chi connectivity index (χ0v) is 58.9. The van der Waals surface area contributed by atoms with E-state index in [2.05, 4.69) is 63.8 Å². The second-order valence-corrected chi connectivity index (χ2v) is 26.0. The van der Waals surface area contributed by atoms with Crippen molar-refractivity contribution in [3.63, 3.8) is 0 Å². The van der Waals surface area contributed by atoms with Gasteiger partial charge >= 0.3 is 0 Å². The lowest BCUT2D eigenvalue weighted by atomic mass is 9.96. The van der Waals surface area contributed by atoms with Gasteiger partial charge < -0.3 is 86.7 Å². The van der Waals surface area contributed by atoms with E-state index < -0.39 is 181 Å². The van der Waals surface area contributed by atoms with Crippen molar-refractivity contribution in [2.24, 2.45) is 52.5 Å². The maximum Gasteiger partial charge on any atom is 0.243 e. The fourth-order valence-electron chi connectivity index (χ4n) is 10.1. The van der Waals surface area contributed by atoms with Crippen molar-refractivity contribution < 1.29 is 67.1 Å². The Morgan fingerprint density at radius 1 is 0.388 bits per heavy atom. The summed E-state index contributed by atoms with van der Waals surface area (Å²) in [5.74, 6) is -12.8. The summed E-state index contributed by atoms with van der Waals surface area (Å²) in [6.45, 7) is 19.4. The molecular weight excluding hydrogens is 1260 g/mol. The van der Waals surface area contributed by atoms with Crippen LogP contribution in [-0.2, 0) is 80.0 Å². The second-order valence-electron chi connectivity index (χ2n) is 26.0. The Labute approximate surface area is 575 Å². The maximum atomic E-state index is 14.3. The molecule has 20 N–H and O–H groups in total. The van der Waals surface area contributed by atoms with Crippen LogP contribution in [0.1, 0.15) is 152 Å². The van der Waals surface area contributed by atoms with Crippen molar-refractivity contribution in [3.8, 4) is 0 Å². The van der Waals surface area contributed by atoms with Gasteiger partial charge in [0, 0.05) is 12.8 Å². The van der Waals surface area contributed by atoms with Crippen LogP contribution in [0.2, 0.25) is 0 Å². The van der Waals surface area contributed by atoms with Gasteiger partial charge in [-0.25, -0.2) is 0 Å². The Morgan fingerprint density at radius 2 is 0.786 bits per heavy atom. The Kier molecular flexibility index (Phi) is 38.2. The van der Waals surface area contributed by atoms with Gasteiger partial charge in [-0.2, -0.15) is 0 Å². The molecule has 0 fully saturated rings. The minimum Gasteiger partial charge on any atom is -0.370 e. The molecule has 98 heavy (non-hydrogen) atoms. The summed E-state index contributed by atoms with van der Waals surface area (Å²) in [5.41, 5.74) is 24.6. The van der Waals surface area contributed by atoms with Gasteiger partial charge in [0.25, 0.3) is 0 Å². The van der Waals surface area contributed by atoms with E-state index in [1.807, 2.05) is 13.8 Å². The second kappa shape index (κ2) is 44.0. The summed E-state index contributed by atoms with van der Waals surface area (Å²) in [4.78, 5) is 189. The molecule has 30 heteroatoms. The molecule has 0 aromatic heterocycles. The summed E-state index contributed by atoms with van der Waals surface area (Å²) >= 11 is 0. The Balaban J connectivity index is 2.18. The molecule has 0 unspecified atom stereocenters. The smallest absolute Gasteiger partial charge is 0.243 e. The first-order valence-electron chi connectivity index (χ1n) is 33.8. The van der Waals surface area contributed by atoms with Crippen LogP contribution in [0.15, 0.2) is 60.7 Å². The zero-order valence-electron chi connectivity index (χ0n) is 58.9. The highest BCUT2D eigenvalue weighted by Crippen LogP contribution is 2.15. The normalized spacial score (nSPS) is 15.5. The maximum absolute atomic E-state index is 14.3. The van der Waals surface area contributed by atoms with Crippen LogP contribution < -0.4 is 86.7 Å². The van der Waals surface area contributed by atoms with Crippen molar-refractivity contribution >= 4 is 82.7 Å². The first kappa shape index (κ1) is 85.0. The van der Waals surface area contributed by atoms with E-state index in [1.54, 1.807) is 116 Å². The van der Waals surface area contributed by atoms with Crippen LogP contribution in [0.4, 0.5) is 0 Å². The molecule has 0 spiro atoms. The first-order chi connectivity index (χ1) is 46.2. The van der Waals surface area contributed by atoms with Crippen LogP contribution in [0, 0.1) is 29.6 Å². The van der Waals surface area contributed by atoms with Crippen molar-refractivity contribution in [1.82, 2.24) is 63.8 Å². The predicted molar refractivity (Wildman–Crippen MR) is 368 cm³/mol. The number of carbonyl (C=O) groups is 14. The third kappa shape index (κ3) is 31.0. The molecule has 2 rings (SSSR count). The topological polar surface area (TPSA) is 487 Å². The van der Waals surface area contributed by atoms with Gasteiger partial charge in [0.15, 0.2) is 0 Å². The van der Waals surface area contributed by atoms with Gasteiger partial charge in [0.2, 0.25) is 82.7 Å². The van der Waals surface area contributed by atoms with E-state index in [0.29, 0.717) is 37.7 Å². The first-order valence-corrected chi connectivity index (χ1v) is 33.8. The number of carbonyl (C=O) groups excluding carboxylic acids is 14. The zero-order chi connectivity index (χ0) is 73.9. The average molecular weight is 1380 g/mol. The largest absolute Gasteiger partial charge is 0.370 e. The Hall–Kier alpha value is -9.06. The molecule has 0 bridgehead atoms. The Bertz CT molecular complexity index is 2980. The lowest BCUT2D eigenvalue weighted by molar-refractivity contribution is -0.137. The summed E-state index contributed by atoms with van der Waals surface area (Å²) < 4.78 is 0. The van der Waals surface area contributed by atoms with Crippen LogP contribution in [0.25, 0.3) is 0 Å². The molecule has 2 aromatic carbocycles. The molecular formula is C68H110N16O14. The molecule has 0 heterocycles. The summed E-state index contributed by atoms with van der Waals surface area (Å²) in [7, 11) is 0. The number of hydrogen-bond donors (Lipinski definition) is 16. The highest BCUT2D eigenvalue weighted by Gasteiger charge is 2.37. The van der Waals surface area contributed by atoms with Crippen LogP contribution in [0.3, 0.4) is 0 Å². The lowest BCUT2D eigenvalue weighted by Gasteiger charge is -2.29. The molecule has 0 aliphatic carbocycles. The molecule has 0 aliphatic heterocycles. The summed E-state index contributed by atoms with van der Waals surface area (Å²) in [5, 5.41) is 31.0. The molecule has 14 amide bonds. The number of unbranched alkanes of at least 4 members (excludes halogenated alkanes) is 1. The van der Waals surface area contributed by atoms with E-state index in [-0.39, 0.29) is 56.4 Å². The summed E-state index contributed by atoms with van der Waals surface area (Å²) in [6, 6.07) is 4.00. The SMILES string of the molecule is CC[C@H](C)[C@H](N)C(=O)N[C@@H](Cc1ccccc1)C(=O)NCC(=O)N[C@@H](C)C(=O)N[C@H](C(=O)N[C@@H](C)C(=O)NCC(=O)N[C@@H](CC(C)C)C(=O)N[C@@H](CC(C)C)C(=O)N[C@@H](CCCCN)C(=O)N[C@@H](CC(N)=O)C(=O)N[C@H](C(=O)N[C@@H](Cc1ccccc1)C(N)=O)[C@@H](C)CC)[C@@H](C)CC. The predicted octanol–water partition coefficient (Wildman–Crippen LogP) is -1.36. The third-order valence-electron chi connectivity index (χ3n) is 16.7. The highest BCUT2D eigenvalue weighted by atomic mass is 16.2. The molecule has 2 aromatic rings. The molecule has 546 valence electrons. The average Bonchev–Trinajstić information content (AvgIpc) is 0.874. The monoisotopic (exact) mass is 1370 g/mol. The minimum absolute atomic E-state index is 0.0194. The number of nitrogens with one attached hydrogen (secondary N) is 12. The molecule has 0 radical (unpaired) electrons. The van der Waals surface area contributed by atoms with Crippen LogP contribution in [0.5, 0.6) is 0 Å². The summed E-state index contributed by atoms with van der Waals surface area (Å²) in [6.07, 6.45) is 1.62. The minimum atomic E-state index is -1.66. The fourth-order valence-corrected chi connectivity index (χ4v) is 10.1. The number of primary amides is 2. The highest BCUT2D eigenvalue weighted by molar-refractivity contribution is 6.00. The Morgan fingerprint density at radius 3 is 1.27 bits per heavy atom. The van der Waals surface area contributed by atoms with E-state index in [9.17, 15) is 67.1 Å². The van der Waals surface area contributed by atoms with Gasteiger partial charge in [-0.05, 0) is 93.2 Å². The van der Waals surface area contributed by atoms with Gasteiger partial charge in [0.05, 0.1) is 25.6 Å². The van der Waals surface area contributed by atoms with Gasteiger partial charge in [-0.1, -0.05) is 149 Å². The van der Waals surface area contributed by atoms with Gasteiger partial charge in [0.1, 0.15) is 60.4 Å². The van der Waals surface area contributed by atoms with E-state index in [0.717, 1.165) is 5.56 Å². The van der Waals surface area contributed by atoms with Gasteiger partial charge in [-0.15, -0.1) is 0 Å². The van der Waals surface area contributed by atoms with E-state index in [1.165, 1.54) is 13.8 Å². The van der Waals surface area contributed by atoms with E-state index in [4.69, 9.17) is 22.9 Å². The van der Waals surface area contributed by atoms with Crippen molar-refractivity contribution in [3.05, 3.63) is 71.8 Å². The lowest BCUT2D eigenvalue weighted by Crippen LogP contribution is -2.61. The standard InChI is InChI=1S/C68H110N16O14/c1-13-39(8)55(71)66(96)82-50(33-45-26-20-17-21-27-45)61(91)74-35-53(86)75-43(12)60(90)83-56(40(9)14-2)67(97)76-42(11)59(89)73-36-54(87)77-48(30-37(4)5)63(93)80-49(31-38(6)7)64(94)78-46(28-22-23-29-69)62(92)81-51(34-52(70)85)65(95)84-57(41(10)15-3)68(98)79-47(58(72)88)32-44-24-18-16-19-25-44/h16-21,24-27,37-43,46-51,55-57H,13-15,22-23,28-36,69,71H2,1-12H3,(H2,70,85)(H2,72,88)(H,73,89)(H,74,91)(H,75,86)(H,76,97)(H,77,87)(H,78,94)(H,79,98)(H,80,93)(H,81,92)(H,82,96)(H,83,90)(H,84,95)/t39-,40-,41-,42-,43-,46-,47-,48-,49-,50-,51-,55-,56-,57-/m0/s1. The number of amides is 14. The van der Waals surface area contributed by atoms with Crippen molar-refractivity contribution in [2.75, 3.05) is 19.6 Å². The quantitative estimate of drug-likeness (QED) is 0.0341. The third-order valence-corrected chi connectivity index (χ3v) is 16.7. The molecule has 30 nitrogen and oxygen atoms in total. The van der Waals surface area contributed by atoms with E-state index >= 15 is 0 Å². The van der Waals surface area contributed by atoms with Crippen molar-refractivity contribution in [1.29, 1.82) is 0 Å². The molecule has 14 atom stereocenters. The van der Waals surface area contributed by atoms with Gasteiger partial charge in [-0.3, -0.25) is 67.1 Å². The number of rotatable bonds is 45. The number of nitrogens with two attached hydrogens (primary N) is 4. The van der Waals surface area contributed by atoms with Crippen LogP contribution >= 0.6 is 0 Å². The molecule has 0 aliphatic rings. The number of benzene rings is 2. The molecule has 0 saturated heterocycles. The molecule has 0 saturated carbocycles. The van der Waals surface area contributed by atoms with Crippen molar-refractivity contribution in [2.45, 2.75) is 220 Å².